The van der Waals surface area contributed by atoms with Gasteiger partial charge in [-0.3, -0.25) is 4.98 Å². The van der Waals surface area contributed by atoms with E-state index in [1.165, 1.54) is 0 Å². The van der Waals surface area contributed by atoms with Gasteiger partial charge in [0.25, 0.3) is 0 Å². The van der Waals surface area contributed by atoms with Gasteiger partial charge in [0, 0.05) is 26.9 Å². The van der Waals surface area contributed by atoms with Gasteiger partial charge in [-0.25, -0.2) is 4.98 Å². The fourth-order valence-corrected chi connectivity index (χ4v) is 3.34. The van der Waals surface area contributed by atoms with Crippen molar-refractivity contribution in [1.29, 1.82) is 0 Å². The van der Waals surface area contributed by atoms with Gasteiger partial charge in [-0.05, 0) is 44.8 Å². The van der Waals surface area contributed by atoms with Gasteiger partial charge in [0.15, 0.2) is 0 Å². The maximum atomic E-state index is 10.1. The number of thiazole rings is 1. The third-order valence-electron chi connectivity index (χ3n) is 2.22. The molecule has 90 valence electrons. The summed E-state index contributed by atoms with van der Waals surface area (Å²) in [4.78, 5) is 8.54. The van der Waals surface area contributed by atoms with Gasteiger partial charge in [-0.1, -0.05) is 0 Å². The van der Waals surface area contributed by atoms with E-state index in [0.717, 1.165) is 19.6 Å². The van der Waals surface area contributed by atoms with Crippen molar-refractivity contribution in [3.63, 3.8) is 0 Å². The Bertz CT molecular complexity index is 530. The number of rotatable bonds is 3. The number of aliphatic hydroxyl groups is 1. The van der Waals surface area contributed by atoms with Crippen LogP contribution in [0.3, 0.4) is 0 Å². The molecule has 6 heteroatoms. The van der Waals surface area contributed by atoms with E-state index in [2.05, 4.69) is 41.8 Å². The van der Waals surface area contributed by atoms with Crippen LogP contribution in [0.15, 0.2) is 26.6 Å². The van der Waals surface area contributed by atoms with Crippen molar-refractivity contribution in [3.8, 4) is 0 Å². The van der Waals surface area contributed by atoms with Gasteiger partial charge in [-0.15, -0.1) is 11.3 Å². The van der Waals surface area contributed by atoms with Crippen molar-refractivity contribution >= 4 is 43.2 Å². The minimum atomic E-state index is -0.640. The first-order chi connectivity index (χ1) is 8.06. The van der Waals surface area contributed by atoms with Crippen LogP contribution in [0, 0.1) is 6.92 Å². The van der Waals surface area contributed by atoms with Crippen LogP contribution in [0.25, 0.3) is 0 Å². The second-order valence-corrected chi connectivity index (χ2v) is 6.43. The quantitative estimate of drug-likeness (QED) is 0.887. The summed E-state index contributed by atoms with van der Waals surface area (Å²) in [5.74, 6) is 0. The molecular formula is C11H10Br2N2OS. The minimum absolute atomic E-state index is 0.484. The molecule has 0 bridgehead atoms. The number of halogens is 2. The van der Waals surface area contributed by atoms with Crippen LogP contribution in [-0.4, -0.2) is 15.1 Å². The maximum Gasteiger partial charge on any atom is 0.103 e. The number of aryl methyl sites for hydroxylation is 1. The van der Waals surface area contributed by atoms with Crippen molar-refractivity contribution in [2.45, 2.75) is 19.4 Å². The first-order valence-corrected chi connectivity index (χ1v) is 7.43. The lowest BCUT2D eigenvalue weighted by molar-refractivity contribution is 0.171. The predicted molar refractivity (Wildman–Crippen MR) is 75.2 cm³/mol. The molecule has 17 heavy (non-hydrogen) atoms. The lowest BCUT2D eigenvalue weighted by Gasteiger charge is -2.10. The van der Waals surface area contributed by atoms with Crippen molar-refractivity contribution in [3.05, 3.63) is 43.0 Å². The highest BCUT2D eigenvalue weighted by Crippen LogP contribution is 2.26. The molecule has 0 amide bonds. The second-order valence-electron chi connectivity index (χ2n) is 3.60. The van der Waals surface area contributed by atoms with Crippen LogP contribution in [-0.2, 0) is 6.42 Å². The summed E-state index contributed by atoms with van der Waals surface area (Å²) in [6.45, 7) is 1.95. The first-order valence-electron chi connectivity index (χ1n) is 4.96. The zero-order valence-electron chi connectivity index (χ0n) is 9.02. The molecule has 0 aliphatic rings. The molecule has 0 fully saturated rings. The van der Waals surface area contributed by atoms with Gasteiger partial charge >= 0.3 is 0 Å². The number of aliphatic hydroxyl groups excluding tert-OH is 1. The van der Waals surface area contributed by atoms with Crippen LogP contribution < -0.4 is 0 Å². The molecule has 0 aliphatic carbocycles. The van der Waals surface area contributed by atoms with E-state index >= 15 is 0 Å². The third-order valence-corrected chi connectivity index (χ3v) is 4.11. The van der Waals surface area contributed by atoms with Crippen LogP contribution in [0.5, 0.6) is 0 Å². The Kier molecular flexibility index (Phi) is 4.30. The third kappa shape index (κ3) is 3.34. The summed E-state index contributed by atoms with van der Waals surface area (Å²) in [6.07, 6.45) is 1.52. The molecular weight excluding hydrogens is 368 g/mol. The van der Waals surface area contributed by atoms with E-state index in [-0.39, 0.29) is 0 Å². The molecule has 2 aromatic heterocycles. The highest BCUT2D eigenvalue weighted by molar-refractivity contribution is 9.11. The summed E-state index contributed by atoms with van der Waals surface area (Å²) in [6, 6.07) is 1.87. The van der Waals surface area contributed by atoms with E-state index in [1.54, 1.807) is 17.5 Å². The average Bonchev–Trinajstić information content (AvgIpc) is 2.63. The summed E-state index contributed by atoms with van der Waals surface area (Å²) < 4.78 is 1.68. The zero-order valence-corrected chi connectivity index (χ0v) is 13.0. The van der Waals surface area contributed by atoms with Crippen molar-refractivity contribution in [2.75, 3.05) is 0 Å². The Morgan fingerprint density at radius 3 is 2.82 bits per heavy atom. The molecule has 0 saturated carbocycles. The molecule has 3 nitrogen and oxygen atoms in total. The van der Waals surface area contributed by atoms with Crippen molar-refractivity contribution in [2.24, 2.45) is 0 Å². The number of hydrogen-bond acceptors (Lipinski definition) is 4. The monoisotopic (exact) mass is 376 g/mol. The molecule has 0 spiro atoms. The molecule has 2 rings (SSSR count). The molecule has 2 heterocycles. The topological polar surface area (TPSA) is 46.0 Å². The SMILES string of the molecule is Cc1nc(CC(O)c2ncc(Br)cc2Br)cs1. The fourth-order valence-electron chi connectivity index (χ4n) is 1.47. The number of nitrogens with zero attached hydrogens (tertiary/aromatic N) is 2. The van der Waals surface area contributed by atoms with Gasteiger partial charge in [0.05, 0.1) is 16.4 Å². The highest BCUT2D eigenvalue weighted by Gasteiger charge is 2.15. The summed E-state index contributed by atoms with van der Waals surface area (Å²) >= 11 is 8.31. The predicted octanol–water partition coefficient (Wildman–Crippen LogP) is 3.65. The Balaban J connectivity index is 2.17. The lowest BCUT2D eigenvalue weighted by Crippen LogP contribution is -2.05. The fraction of sp³-hybridized carbons (Fsp3) is 0.273. The van der Waals surface area contributed by atoms with Crippen molar-refractivity contribution < 1.29 is 5.11 Å². The molecule has 1 N–H and O–H groups in total. The van der Waals surface area contributed by atoms with E-state index in [9.17, 15) is 5.11 Å². The van der Waals surface area contributed by atoms with Crippen LogP contribution in [0.2, 0.25) is 0 Å². The normalized spacial score (nSPS) is 12.7. The Labute approximate surface area is 120 Å². The Hall–Kier alpha value is -0.300. The van der Waals surface area contributed by atoms with E-state index < -0.39 is 6.10 Å². The molecule has 2 aromatic rings. The van der Waals surface area contributed by atoms with Crippen LogP contribution >= 0.6 is 43.2 Å². The zero-order chi connectivity index (χ0) is 12.4. The van der Waals surface area contributed by atoms with Gasteiger partial charge < -0.3 is 5.11 Å². The van der Waals surface area contributed by atoms with Gasteiger partial charge in [0.1, 0.15) is 6.10 Å². The largest absolute Gasteiger partial charge is 0.386 e. The lowest BCUT2D eigenvalue weighted by atomic mass is 10.1. The first kappa shape index (κ1) is 13.1. The maximum absolute atomic E-state index is 10.1. The molecule has 0 radical (unpaired) electrons. The number of hydrogen-bond donors (Lipinski definition) is 1. The van der Waals surface area contributed by atoms with Gasteiger partial charge in [0.2, 0.25) is 0 Å². The molecule has 1 atom stereocenters. The molecule has 1 unspecified atom stereocenters. The summed E-state index contributed by atoms with van der Waals surface area (Å²) in [5.41, 5.74) is 1.54. The average molecular weight is 378 g/mol. The van der Waals surface area contributed by atoms with E-state index in [1.807, 2.05) is 18.4 Å². The van der Waals surface area contributed by atoms with Gasteiger partial charge in [-0.2, -0.15) is 0 Å². The standard InChI is InChI=1S/C11H10Br2N2OS/c1-6-15-8(5-17-6)3-10(16)11-9(13)2-7(12)4-14-11/h2,4-5,10,16H,3H2,1H3. The highest BCUT2D eigenvalue weighted by atomic mass is 79.9. The molecule has 0 saturated heterocycles. The second kappa shape index (κ2) is 5.56. The Morgan fingerprint density at radius 1 is 1.47 bits per heavy atom. The molecule has 0 aliphatic heterocycles. The number of aromatic nitrogens is 2. The van der Waals surface area contributed by atoms with E-state index in [0.29, 0.717) is 12.1 Å². The summed E-state index contributed by atoms with van der Waals surface area (Å²) in [5, 5.41) is 13.1. The summed E-state index contributed by atoms with van der Waals surface area (Å²) in [7, 11) is 0. The number of pyridine rings is 1. The molecule has 0 aromatic carbocycles. The smallest absolute Gasteiger partial charge is 0.103 e. The van der Waals surface area contributed by atoms with Crippen LogP contribution in [0.4, 0.5) is 0 Å². The van der Waals surface area contributed by atoms with Crippen molar-refractivity contribution in [1.82, 2.24) is 9.97 Å². The van der Waals surface area contributed by atoms with E-state index in [4.69, 9.17) is 0 Å². The van der Waals surface area contributed by atoms with Crippen LogP contribution in [0.1, 0.15) is 22.5 Å². The Morgan fingerprint density at radius 2 is 2.24 bits per heavy atom. The minimum Gasteiger partial charge on any atom is -0.386 e.